The average Bonchev–Trinajstić information content (AvgIpc) is 2.72. The van der Waals surface area contributed by atoms with Gasteiger partial charge in [0.1, 0.15) is 6.61 Å². The van der Waals surface area contributed by atoms with Gasteiger partial charge in [0.05, 0.1) is 4.90 Å². The standard InChI is InChI=1S/C22H22N2O4S/c1-17-7-13-21(14-8-17)29(26,27)24-20-11-9-18(10-12-20)15-23-22(25)28-16-19-5-3-2-4-6-19/h2-14,24H,15-16H2,1H3,(H,23,25). The van der Waals surface area contributed by atoms with Gasteiger partial charge in [-0.1, -0.05) is 60.2 Å². The Kier molecular flexibility index (Phi) is 6.51. The summed E-state index contributed by atoms with van der Waals surface area (Å²) in [5.74, 6) is 0. The number of anilines is 1. The van der Waals surface area contributed by atoms with Gasteiger partial charge in [-0.3, -0.25) is 4.72 Å². The second-order valence-electron chi connectivity index (χ2n) is 6.53. The first-order chi connectivity index (χ1) is 13.9. The van der Waals surface area contributed by atoms with Gasteiger partial charge in [0, 0.05) is 12.2 Å². The maximum atomic E-state index is 12.4. The van der Waals surface area contributed by atoms with E-state index in [0.717, 1.165) is 16.7 Å². The number of hydrogen-bond acceptors (Lipinski definition) is 4. The number of aryl methyl sites for hydroxylation is 1. The van der Waals surface area contributed by atoms with E-state index < -0.39 is 16.1 Å². The minimum absolute atomic E-state index is 0.201. The number of ether oxygens (including phenoxy) is 1. The molecule has 0 spiro atoms. The molecule has 3 aromatic carbocycles. The maximum Gasteiger partial charge on any atom is 0.407 e. The van der Waals surface area contributed by atoms with Crippen molar-refractivity contribution in [2.24, 2.45) is 0 Å². The van der Waals surface area contributed by atoms with Gasteiger partial charge in [0.25, 0.3) is 10.0 Å². The smallest absolute Gasteiger partial charge is 0.407 e. The molecule has 0 aliphatic rings. The predicted octanol–water partition coefficient (Wildman–Crippen LogP) is 4.22. The van der Waals surface area contributed by atoms with Gasteiger partial charge in [-0.15, -0.1) is 0 Å². The Bertz CT molecular complexity index is 1050. The van der Waals surface area contributed by atoms with Crippen LogP contribution in [0.5, 0.6) is 0 Å². The summed E-state index contributed by atoms with van der Waals surface area (Å²) in [5.41, 5.74) is 3.16. The molecule has 0 atom stereocenters. The van der Waals surface area contributed by atoms with Gasteiger partial charge in [-0.2, -0.15) is 0 Å². The quantitative estimate of drug-likeness (QED) is 0.611. The fourth-order valence-electron chi connectivity index (χ4n) is 2.57. The summed E-state index contributed by atoms with van der Waals surface area (Å²) in [6.45, 7) is 2.37. The summed E-state index contributed by atoms with van der Waals surface area (Å²) >= 11 is 0. The van der Waals surface area contributed by atoms with Crippen LogP contribution in [-0.4, -0.2) is 14.5 Å². The van der Waals surface area contributed by atoms with Gasteiger partial charge in [-0.25, -0.2) is 13.2 Å². The van der Waals surface area contributed by atoms with Gasteiger partial charge >= 0.3 is 6.09 Å². The van der Waals surface area contributed by atoms with Crippen LogP contribution in [0, 0.1) is 6.92 Å². The van der Waals surface area contributed by atoms with Crippen LogP contribution in [0.1, 0.15) is 16.7 Å². The number of sulfonamides is 1. The highest BCUT2D eigenvalue weighted by Gasteiger charge is 2.13. The van der Waals surface area contributed by atoms with Crippen molar-refractivity contribution in [1.29, 1.82) is 0 Å². The highest BCUT2D eigenvalue weighted by molar-refractivity contribution is 7.92. The number of rotatable bonds is 7. The summed E-state index contributed by atoms with van der Waals surface area (Å²) in [6.07, 6.45) is -0.516. The van der Waals surface area contributed by atoms with E-state index in [4.69, 9.17) is 4.74 Å². The van der Waals surface area contributed by atoms with E-state index in [1.54, 1.807) is 48.5 Å². The van der Waals surface area contributed by atoms with Crippen molar-refractivity contribution in [1.82, 2.24) is 5.32 Å². The molecule has 0 saturated heterocycles. The van der Waals surface area contributed by atoms with Crippen LogP contribution >= 0.6 is 0 Å². The van der Waals surface area contributed by atoms with E-state index in [-0.39, 0.29) is 18.0 Å². The molecule has 0 radical (unpaired) electrons. The zero-order chi connectivity index (χ0) is 20.7. The molecule has 3 aromatic rings. The van der Waals surface area contributed by atoms with E-state index in [0.29, 0.717) is 5.69 Å². The van der Waals surface area contributed by atoms with E-state index >= 15 is 0 Å². The molecule has 2 N–H and O–H groups in total. The number of alkyl carbamates (subject to hydrolysis) is 1. The van der Waals surface area contributed by atoms with Crippen molar-refractivity contribution < 1.29 is 17.9 Å². The third-order valence-corrected chi connectivity index (χ3v) is 5.58. The Balaban J connectivity index is 1.50. The Labute approximate surface area is 170 Å². The SMILES string of the molecule is Cc1ccc(S(=O)(=O)Nc2ccc(CNC(=O)OCc3ccccc3)cc2)cc1. The molecule has 0 aliphatic heterocycles. The monoisotopic (exact) mass is 410 g/mol. The van der Waals surface area contributed by atoms with Gasteiger partial charge in [0.15, 0.2) is 0 Å². The van der Waals surface area contributed by atoms with E-state index in [1.165, 1.54) is 0 Å². The van der Waals surface area contributed by atoms with Crippen LogP contribution in [0.2, 0.25) is 0 Å². The molecule has 0 bridgehead atoms. The van der Waals surface area contributed by atoms with Crippen LogP contribution in [-0.2, 0) is 27.9 Å². The molecule has 1 amide bonds. The van der Waals surface area contributed by atoms with Crippen molar-refractivity contribution >= 4 is 21.8 Å². The van der Waals surface area contributed by atoms with Crippen LogP contribution in [0.15, 0.2) is 83.8 Å². The van der Waals surface area contributed by atoms with Gasteiger partial charge in [-0.05, 0) is 42.3 Å². The summed E-state index contributed by atoms with van der Waals surface area (Å²) in [7, 11) is -3.64. The number of carbonyl (C=O) groups is 1. The minimum atomic E-state index is -3.64. The molecule has 0 aliphatic carbocycles. The van der Waals surface area contributed by atoms with E-state index in [2.05, 4.69) is 10.0 Å². The van der Waals surface area contributed by atoms with E-state index in [9.17, 15) is 13.2 Å². The molecule has 0 heterocycles. The summed E-state index contributed by atoms with van der Waals surface area (Å²) < 4.78 is 32.5. The summed E-state index contributed by atoms with van der Waals surface area (Å²) in [5, 5.41) is 2.67. The first-order valence-electron chi connectivity index (χ1n) is 9.05. The molecule has 0 saturated carbocycles. The zero-order valence-electron chi connectivity index (χ0n) is 16.0. The molecule has 7 heteroatoms. The van der Waals surface area contributed by atoms with Crippen LogP contribution in [0.3, 0.4) is 0 Å². The third-order valence-electron chi connectivity index (χ3n) is 4.19. The zero-order valence-corrected chi connectivity index (χ0v) is 16.8. The number of amides is 1. The largest absolute Gasteiger partial charge is 0.445 e. The molecule has 3 rings (SSSR count). The number of carbonyl (C=O) groups excluding carboxylic acids is 1. The second-order valence-corrected chi connectivity index (χ2v) is 8.21. The first-order valence-corrected chi connectivity index (χ1v) is 10.5. The number of nitrogens with one attached hydrogen (secondary N) is 2. The first kappa shape index (κ1) is 20.4. The fraction of sp³-hybridized carbons (Fsp3) is 0.136. The number of benzene rings is 3. The van der Waals surface area contributed by atoms with Gasteiger partial charge < -0.3 is 10.1 Å². The molecular weight excluding hydrogens is 388 g/mol. The molecule has 0 fully saturated rings. The summed E-state index contributed by atoms with van der Waals surface area (Å²) in [6, 6.07) is 22.8. The fourth-order valence-corrected chi connectivity index (χ4v) is 3.63. The van der Waals surface area contributed by atoms with Crippen molar-refractivity contribution in [2.45, 2.75) is 25.0 Å². The Morgan fingerprint density at radius 1 is 0.862 bits per heavy atom. The third kappa shape index (κ3) is 6.08. The lowest BCUT2D eigenvalue weighted by Gasteiger charge is -2.10. The Hall–Kier alpha value is -3.32. The average molecular weight is 410 g/mol. The van der Waals surface area contributed by atoms with Crippen LogP contribution < -0.4 is 10.0 Å². The normalized spacial score (nSPS) is 10.9. The molecule has 29 heavy (non-hydrogen) atoms. The Morgan fingerprint density at radius 3 is 2.17 bits per heavy atom. The molecular formula is C22H22N2O4S. The van der Waals surface area contributed by atoms with Crippen molar-refractivity contribution in [2.75, 3.05) is 4.72 Å². The topological polar surface area (TPSA) is 84.5 Å². The molecule has 150 valence electrons. The van der Waals surface area contributed by atoms with Crippen LogP contribution in [0.25, 0.3) is 0 Å². The predicted molar refractivity (Wildman–Crippen MR) is 112 cm³/mol. The highest BCUT2D eigenvalue weighted by atomic mass is 32.2. The maximum absolute atomic E-state index is 12.4. The van der Waals surface area contributed by atoms with Gasteiger partial charge in [0.2, 0.25) is 0 Å². The molecule has 0 unspecified atom stereocenters. The highest BCUT2D eigenvalue weighted by Crippen LogP contribution is 2.17. The van der Waals surface area contributed by atoms with Crippen LogP contribution in [0.4, 0.5) is 10.5 Å². The number of hydrogen-bond donors (Lipinski definition) is 2. The lowest BCUT2D eigenvalue weighted by Crippen LogP contribution is -2.23. The molecule has 0 aromatic heterocycles. The summed E-state index contributed by atoms with van der Waals surface area (Å²) in [4.78, 5) is 12.0. The van der Waals surface area contributed by atoms with Crippen molar-refractivity contribution in [3.63, 3.8) is 0 Å². The minimum Gasteiger partial charge on any atom is -0.445 e. The van der Waals surface area contributed by atoms with Crippen molar-refractivity contribution in [3.8, 4) is 0 Å². The lowest BCUT2D eigenvalue weighted by molar-refractivity contribution is 0.139. The Morgan fingerprint density at radius 2 is 1.52 bits per heavy atom. The molecule has 6 nitrogen and oxygen atoms in total. The van der Waals surface area contributed by atoms with Crippen molar-refractivity contribution in [3.05, 3.63) is 95.6 Å². The van der Waals surface area contributed by atoms with E-state index in [1.807, 2.05) is 37.3 Å². The lowest BCUT2D eigenvalue weighted by atomic mass is 10.2. The second kappa shape index (κ2) is 9.25.